The van der Waals surface area contributed by atoms with Gasteiger partial charge in [0.05, 0.1) is 6.61 Å². The maximum Gasteiger partial charge on any atom is 0.351 e. The number of aromatic nitrogens is 2. The highest BCUT2D eigenvalue weighted by atomic mass is 28.4. The van der Waals surface area contributed by atoms with Crippen LogP contribution in [0.15, 0.2) is 17.1 Å². The van der Waals surface area contributed by atoms with Crippen molar-refractivity contribution in [1.82, 2.24) is 9.55 Å². The molecule has 0 radical (unpaired) electrons. The molecule has 1 aromatic heterocycles. The van der Waals surface area contributed by atoms with Gasteiger partial charge in [0, 0.05) is 6.20 Å². The summed E-state index contributed by atoms with van der Waals surface area (Å²) >= 11 is 0. The standard InChI is InChI=1S/C15H25F2N3O4Si/c1-14(2,3)25(4,5)24-11-9(8-21)23-12(15(11,16)17)20-7-6-10(18)19-13(20)22/h6-7,9,11-12,21H,8H2,1-5H3,(H2,18,19,22)/t9-,11-,12-/m0/s1. The van der Waals surface area contributed by atoms with Crippen molar-refractivity contribution in [3.05, 3.63) is 22.7 Å². The second-order valence-electron chi connectivity index (χ2n) is 7.73. The summed E-state index contributed by atoms with van der Waals surface area (Å²) < 4.78 is 41.9. The minimum atomic E-state index is -3.52. The predicted octanol–water partition coefficient (Wildman–Crippen LogP) is 1.74. The van der Waals surface area contributed by atoms with E-state index in [1.807, 2.05) is 33.9 Å². The van der Waals surface area contributed by atoms with E-state index < -0.39 is 45.0 Å². The molecule has 0 aromatic carbocycles. The molecule has 0 bridgehead atoms. The van der Waals surface area contributed by atoms with Crippen LogP contribution in [0.1, 0.15) is 27.0 Å². The lowest BCUT2D eigenvalue weighted by Crippen LogP contribution is -2.52. The number of alkyl halides is 2. The van der Waals surface area contributed by atoms with Crippen LogP contribution in [0.3, 0.4) is 0 Å². The molecule has 3 N–H and O–H groups in total. The molecule has 0 amide bonds. The molecule has 2 rings (SSSR count). The number of rotatable bonds is 4. The second-order valence-corrected chi connectivity index (χ2v) is 12.5. The molecule has 10 heteroatoms. The molecule has 3 atom stereocenters. The zero-order valence-electron chi connectivity index (χ0n) is 15.0. The minimum absolute atomic E-state index is 0.0738. The summed E-state index contributed by atoms with van der Waals surface area (Å²) in [6.45, 7) is 8.79. The molecule has 2 heterocycles. The Balaban J connectivity index is 2.41. The summed E-state index contributed by atoms with van der Waals surface area (Å²) in [7, 11) is -2.56. The van der Waals surface area contributed by atoms with E-state index in [-0.39, 0.29) is 10.9 Å². The summed E-state index contributed by atoms with van der Waals surface area (Å²) in [5, 5.41) is 9.20. The number of aliphatic hydroxyl groups excluding tert-OH is 1. The zero-order chi connectivity index (χ0) is 19.2. The van der Waals surface area contributed by atoms with E-state index in [0.29, 0.717) is 4.57 Å². The number of nitrogens with zero attached hydrogens (tertiary/aromatic N) is 2. The Labute approximate surface area is 145 Å². The van der Waals surface area contributed by atoms with E-state index in [0.717, 1.165) is 6.20 Å². The van der Waals surface area contributed by atoms with Crippen molar-refractivity contribution in [1.29, 1.82) is 0 Å². The van der Waals surface area contributed by atoms with E-state index in [2.05, 4.69) is 4.98 Å². The lowest BCUT2D eigenvalue weighted by atomic mass is 10.1. The van der Waals surface area contributed by atoms with Crippen LogP contribution >= 0.6 is 0 Å². The van der Waals surface area contributed by atoms with E-state index >= 15 is 8.78 Å². The first-order chi connectivity index (χ1) is 11.3. The average molecular weight is 377 g/mol. The third-order valence-electron chi connectivity index (χ3n) is 4.86. The van der Waals surface area contributed by atoms with Gasteiger partial charge in [0.15, 0.2) is 8.32 Å². The third kappa shape index (κ3) is 3.62. The van der Waals surface area contributed by atoms with Gasteiger partial charge in [-0.1, -0.05) is 20.8 Å². The Morgan fingerprint density at radius 2 is 2.08 bits per heavy atom. The Kier molecular flexibility index (Phi) is 5.12. The van der Waals surface area contributed by atoms with Crippen molar-refractivity contribution in [2.24, 2.45) is 0 Å². The summed E-state index contributed by atoms with van der Waals surface area (Å²) in [6.07, 6.45) is -3.72. The Bertz CT molecular complexity index is 690. The third-order valence-corrected chi connectivity index (χ3v) is 9.32. The molecule has 7 nitrogen and oxygen atoms in total. The van der Waals surface area contributed by atoms with E-state index in [1.165, 1.54) is 6.07 Å². The molecule has 1 aromatic rings. The van der Waals surface area contributed by atoms with E-state index in [1.54, 1.807) is 0 Å². The van der Waals surface area contributed by atoms with Gasteiger partial charge in [0.2, 0.25) is 6.23 Å². The van der Waals surface area contributed by atoms with Gasteiger partial charge >= 0.3 is 11.6 Å². The van der Waals surface area contributed by atoms with Crippen molar-refractivity contribution in [2.75, 3.05) is 12.3 Å². The quantitative estimate of drug-likeness (QED) is 0.776. The van der Waals surface area contributed by atoms with Crippen molar-refractivity contribution >= 4 is 14.1 Å². The molecule has 0 saturated carbocycles. The van der Waals surface area contributed by atoms with Crippen LogP contribution < -0.4 is 11.4 Å². The summed E-state index contributed by atoms with van der Waals surface area (Å²) in [4.78, 5) is 15.4. The Morgan fingerprint density at radius 1 is 1.48 bits per heavy atom. The summed E-state index contributed by atoms with van der Waals surface area (Å²) in [5.74, 6) is -3.60. The van der Waals surface area contributed by atoms with Gasteiger partial charge in [0.25, 0.3) is 0 Å². The SMILES string of the molecule is CC(C)(C)[Si](C)(C)O[C@H]1[C@H](CO)O[C@H](n2ccc(N)nc2=O)C1(F)F. The van der Waals surface area contributed by atoms with Crippen molar-refractivity contribution in [3.8, 4) is 0 Å². The highest BCUT2D eigenvalue weighted by molar-refractivity contribution is 6.74. The molecule has 1 aliphatic rings. The first-order valence-electron chi connectivity index (χ1n) is 7.98. The van der Waals surface area contributed by atoms with Crippen LogP contribution in [0.2, 0.25) is 18.1 Å². The highest BCUT2D eigenvalue weighted by Crippen LogP contribution is 2.47. The summed E-state index contributed by atoms with van der Waals surface area (Å²) in [5.41, 5.74) is 4.44. The van der Waals surface area contributed by atoms with Crippen LogP contribution in [-0.2, 0) is 9.16 Å². The van der Waals surface area contributed by atoms with Crippen LogP contribution in [0.25, 0.3) is 0 Å². The number of anilines is 1. The van der Waals surface area contributed by atoms with Crippen molar-refractivity contribution in [3.63, 3.8) is 0 Å². The van der Waals surface area contributed by atoms with Crippen LogP contribution in [0.4, 0.5) is 14.6 Å². The predicted molar refractivity (Wildman–Crippen MR) is 90.9 cm³/mol. The molecule has 1 saturated heterocycles. The van der Waals surface area contributed by atoms with Gasteiger partial charge in [0.1, 0.15) is 18.0 Å². The molecule has 0 unspecified atom stereocenters. The number of halogens is 2. The van der Waals surface area contributed by atoms with Gasteiger partial charge in [-0.15, -0.1) is 0 Å². The fourth-order valence-electron chi connectivity index (χ4n) is 2.36. The summed E-state index contributed by atoms with van der Waals surface area (Å²) in [6, 6.07) is 1.23. The highest BCUT2D eigenvalue weighted by Gasteiger charge is 2.62. The fourth-order valence-corrected chi connectivity index (χ4v) is 3.66. The number of aliphatic hydroxyl groups is 1. The molecular weight excluding hydrogens is 352 g/mol. The Morgan fingerprint density at radius 3 is 2.56 bits per heavy atom. The molecule has 0 spiro atoms. The number of nitrogen functional groups attached to an aromatic ring is 1. The molecule has 1 fully saturated rings. The number of hydrogen-bond acceptors (Lipinski definition) is 6. The second kappa shape index (κ2) is 6.42. The molecule has 0 aliphatic carbocycles. The molecule has 1 aliphatic heterocycles. The Hall–Kier alpha value is -1.36. The monoisotopic (exact) mass is 377 g/mol. The lowest BCUT2D eigenvalue weighted by Gasteiger charge is -2.40. The van der Waals surface area contributed by atoms with Gasteiger partial charge in [-0.2, -0.15) is 13.8 Å². The van der Waals surface area contributed by atoms with Gasteiger partial charge < -0.3 is 20.0 Å². The van der Waals surface area contributed by atoms with Crippen LogP contribution in [0.5, 0.6) is 0 Å². The number of nitrogens with two attached hydrogens (primary N) is 1. The smallest absolute Gasteiger partial charge is 0.351 e. The lowest BCUT2D eigenvalue weighted by molar-refractivity contribution is -0.138. The van der Waals surface area contributed by atoms with E-state index in [4.69, 9.17) is 14.9 Å². The van der Waals surface area contributed by atoms with Gasteiger partial charge in [-0.05, 0) is 24.2 Å². The number of hydrogen-bond donors (Lipinski definition) is 2. The maximum absolute atomic E-state index is 15.0. The maximum atomic E-state index is 15.0. The minimum Gasteiger partial charge on any atom is -0.405 e. The molecular formula is C15H25F2N3O4Si. The van der Waals surface area contributed by atoms with Gasteiger partial charge in [-0.25, -0.2) is 4.79 Å². The molecule has 25 heavy (non-hydrogen) atoms. The fraction of sp³-hybridized carbons (Fsp3) is 0.733. The normalized spacial score (nSPS) is 26.8. The number of ether oxygens (including phenoxy) is 1. The largest absolute Gasteiger partial charge is 0.405 e. The average Bonchev–Trinajstić information content (AvgIpc) is 2.69. The topological polar surface area (TPSA) is 99.6 Å². The van der Waals surface area contributed by atoms with Gasteiger partial charge in [-0.3, -0.25) is 4.57 Å². The first-order valence-corrected chi connectivity index (χ1v) is 10.9. The van der Waals surface area contributed by atoms with Crippen LogP contribution in [0, 0.1) is 0 Å². The van der Waals surface area contributed by atoms with Crippen molar-refractivity contribution < 1.29 is 23.1 Å². The van der Waals surface area contributed by atoms with Crippen LogP contribution in [-0.4, -0.2) is 47.7 Å². The molecule has 142 valence electrons. The van der Waals surface area contributed by atoms with E-state index in [9.17, 15) is 9.90 Å². The first kappa shape index (κ1) is 20.0. The van der Waals surface area contributed by atoms with Crippen molar-refractivity contribution in [2.45, 2.75) is 63.3 Å². The zero-order valence-corrected chi connectivity index (χ0v) is 16.0.